The van der Waals surface area contributed by atoms with Gasteiger partial charge in [-0.15, -0.1) is 0 Å². The lowest BCUT2D eigenvalue weighted by molar-refractivity contribution is -0.384. The summed E-state index contributed by atoms with van der Waals surface area (Å²) in [5.41, 5.74) is -0.0635. The lowest BCUT2D eigenvalue weighted by atomic mass is 10.0. The zero-order chi connectivity index (χ0) is 38.3. The number of hydrogen-bond acceptors (Lipinski definition) is 8. The molecule has 3 aromatic carbocycles. The van der Waals surface area contributed by atoms with Gasteiger partial charge in [-0.1, -0.05) is 39.8 Å². The van der Waals surface area contributed by atoms with Gasteiger partial charge in [-0.25, -0.2) is 17.2 Å². The van der Waals surface area contributed by atoms with Crippen molar-refractivity contribution >= 4 is 29.9 Å². The van der Waals surface area contributed by atoms with Crippen LogP contribution in [0.15, 0.2) is 71.6 Å². The van der Waals surface area contributed by atoms with Crippen LogP contribution in [-0.2, 0) is 25.8 Å². The number of carbonyl (C=O) groups is 1. The molecule has 15 heteroatoms. The van der Waals surface area contributed by atoms with E-state index in [1.165, 1.54) is 24.1 Å². The maximum absolute atomic E-state index is 15.2. The van der Waals surface area contributed by atoms with Gasteiger partial charge in [-0.05, 0) is 79.0 Å². The Morgan fingerprint density at radius 2 is 1.59 bits per heavy atom. The number of nitro benzene ring substituents is 1. The first kappa shape index (κ1) is 41.7. The fraction of sp³-hybridized carbons (Fsp3) is 0.472. The zero-order valence-electron chi connectivity index (χ0n) is 30.7. The Hall–Kier alpha value is -3.76. The van der Waals surface area contributed by atoms with Gasteiger partial charge < -0.3 is 18.8 Å². The van der Waals surface area contributed by atoms with Crippen LogP contribution in [0.25, 0.3) is 0 Å². The molecule has 0 aliphatic rings. The lowest BCUT2D eigenvalue weighted by Gasteiger charge is -2.43. The minimum Gasteiger partial charge on any atom is -0.497 e. The van der Waals surface area contributed by atoms with E-state index in [0.717, 1.165) is 40.2 Å². The largest absolute Gasteiger partial charge is 0.497 e. The maximum Gasteiger partial charge on any atom is 0.270 e. The quantitative estimate of drug-likeness (QED) is 0.0801. The molecule has 3 rings (SSSR count). The van der Waals surface area contributed by atoms with Crippen LogP contribution < -0.4 is 4.74 Å². The molecular weight excluding hydrogens is 701 g/mol. The molecule has 3 atom stereocenters. The topological polar surface area (TPSA) is 129 Å². The minimum absolute atomic E-state index is 0.0300. The van der Waals surface area contributed by atoms with Crippen molar-refractivity contribution in [3.8, 4) is 5.75 Å². The van der Waals surface area contributed by atoms with E-state index >= 15 is 4.39 Å². The highest BCUT2D eigenvalue weighted by Gasteiger charge is 2.42. The number of halogens is 2. The molecule has 0 saturated carbocycles. The average molecular weight is 750 g/mol. The highest BCUT2D eigenvalue weighted by atomic mass is 32.2. The van der Waals surface area contributed by atoms with Gasteiger partial charge in [0.25, 0.3) is 11.6 Å². The van der Waals surface area contributed by atoms with Crippen molar-refractivity contribution in [2.24, 2.45) is 5.92 Å². The number of benzene rings is 3. The summed E-state index contributed by atoms with van der Waals surface area (Å²) in [7, 11) is -3.64. The van der Waals surface area contributed by atoms with Crippen molar-refractivity contribution in [2.45, 2.75) is 76.4 Å². The Kier molecular flexibility index (Phi) is 14.0. The van der Waals surface area contributed by atoms with Gasteiger partial charge in [-0.2, -0.15) is 4.31 Å². The number of likely N-dealkylation sites (N-methyl/N-ethyl adjacent to an activating group) is 1. The number of non-ortho nitro benzene ring substituents is 1. The predicted octanol–water partition coefficient (Wildman–Crippen LogP) is 7.28. The molecule has 0 saturated heterocycles. The summed E-state index contributed by atoms with van der Waals surface area (Å²) >= 11 is 0. The molecule has 3 aromatic rings. The second-order valence-corrected chi connectivity index (χ2v) is 21.0. The van der Waals surface area contributed by atoms with Crippen molar-refractivity contribution < 1.29 is 40.8 Å². The van der Waals surface area contributed by atoms with Crippen LogP contribution in [0.2, 0.25) is 18.1 Å². The highest BCUT2D eigenvalue weighted by Crippen LogP contribution is 2.38. The molecule has 11 nitrogen and oxygen atoms in total. The van der Waals surface area contributed by atoms with E-state index in [9.17, 15) is 27.7 Å². The highest BCUT2D eigenvalue weighted by molar-refractivity contribution is 7.89. The summed E-state index contributed by atoms with van der Waals surface area (Å²) in [4.78, 5) is 26.2. The molecule has 0 aromatic heterocycles. The molecular formula is C36H49F2N3O8SSi. The van der Waals surface area contributed by atoms with Crippen LogP contribution in [0.4, 0.5) is 14.5 Å². The number of hydrogen-bond donors (Lipinski definition) is 0. The summed E-state index contributed by atoms with van der Waals surface area (Å²) < 4.78 is 75.0. The van der Waals surface area contributed by atoms with E-state index in [0.29, 0.717) is 5.75 Å². The van der Waals surface area contributed by atoms with Crippen LogP contribution in [0, 0.1) is 27.7 Å². The van der Waals surface area contributed by atoms with Gasteiger partial charge in [0.2, 0.25) is 10.0 Å². The first-order chi connectivity index (χ1) is 23.7. The van der Waals surface area contributed by atoms with E-state index in [-0.39, 0.29) is 36.2 Å². The summed E-state index contributed by atoms with van der Waals surface area (Å²) in [6.07, 6.45) is -0.746. The normalized spacial score (nSPS) is 14.2. The van der Waals surface area contributed by atoms with Crippen molar-refractivity contribution in [2.75, 3.05) is 33.9 Å². The van der Waals surface area contributed by atoms with E-state index in [2.05, 4.69) is 0 Å². The first-order valence-corrected chi connectivity index (χ1v) is 20.9. The van der Waals surface area contributed by atoms with Gasteiger partial charge in [0.05, 0.1) is 47.9 Å². The Morgan fingerprint density at radius 1 is 0.980 bits per heavy atom. The smallest absolute Gasteiger partial charge is 0.270 e. The number of methoxy groups -OCH3 is 1. The summed E-state index contributed by atoms with van der Waals surface area (Å²) in [6.45, 7) is 13.8. The molecule has 280 valence electrons. The number of sulfonamides is 1. The Balaban J connectivity index is 1.98. The molecule has 0 aliphatic heterocycles. The van der Waals surface area contributed by atoms with Gasteiger partial charge in [0.15, 0.2) is 8.32 Å². The molecule has 0 bridgehead atoms. The number of nitro groups is 1. The van der Waals surface area contributed by atoms with Crippen molar-refractivity contribution in [3.05, 3.63) is 99.6 Å². The Labute approximate surface area is 300 Å². The third-order valence-electron chi connectivity index (χ3n) is 9.30. The van der Waals surface area contributed by atoms with Gasteiger partial charge in [0, 0.05) is 32.3 Å². The zero-order valence-corrected chi connectivity index (χ0v) is 32.5. The molecule has 0 unspecified atom stereocenters. The average Bonchev–Trinajstić information content (AvgIpc) is 3.06. The van der Waals surface area contributed by atoms with Crippen LogP contribution in [0.1, 0.15) is 50.5 Å². The first-order valence-electron chi connectivity index (χ1n) is 16.5. The van der Waals surface area contributed by atoms with Crippen molar-refractivity contribution in [1.82, 2.24) is 9.21 Å². The number of nitrogens with zero attached hydrogens (tertiary/aromatic N) is 3. The molecule has 0 spiro atoms. The molecule has 51 heavy (non-hydrogen) atoms. The van der Waals surface area contributed by atoms with E-state index < -0.39 is 70.1 Å². The van der Waals surface area contributed by atoms with Gasteiger partial charge in [0.1, 0.15) is 17.4 Å². The Bertz CT molecular complexity index is 1750. The van der Waals surface area contributed by atoms with E-state index in [1.54, 1.807) is 26.2 Å². The SMILES string of the molecule is COc1ccc(COC[C@H](C)N(C[C@@H](C)[C@H](CN(C)S(=O)(=O)c2ccc(F)cc2)O[Si](C)(C)C(C)(C)C)C(=O)c2cc([N+](=O)[O-])ccc2F)cc1. The second kappa shape index (κ2) is 17.2. The monoisotopic (exact) mass is 749 g/mol. The predicted molar refractivity (Wildman–Crippen MR) is 194 cm³/mol. The fourth-order valence-corrected chi connectivity index (χ4v) is 7.62. The van der Waals surface area contributed by atoms with Crippen molar-refractivity contribution in [3.63, 3.8) is 0 Å². The number of carbonyl (C=O) groups excluding carboxylic acids is 1. The molecule has 0 N–H and O–H groups in total. The lowest BCUT2D eigenvalue weighted by Crippen LogP contribution is -2.52. The van der Waals surface area contributed by atoms with Crippen molar-refractivity contribution in [1.29, 1.82) is 0 Å². The molecule has 0 aliphatic carbocycles. The van der Waals surface area contributed by atoms with Gasteiger partial charge in [-0.3, -0.25) is 14.9 Å². The third kappa shape index (κ3) is 10.9. The standard InChI is InChI=1S/C36H49F2N3O8SSi/c1-25(34(49-51(8,9)36(3,4)5)22-39(6)50(45,46)31-17-12-28(37)13-18-31)21-40(35(42)32-20-29(41(43)44)14-19-33(32)38)26(2)23-48-24-27-10-15-30(47-7)16-11-27/h10-20,25-26,34H,21-24H2,1-9H3/t25-,26+,34+/m1/s1. The third-order valence-corrected chi connectivity index (χ3v) is 15.6. The molecule has 1 amide bonds. The fourth-order valence-electron chi connectivity index (χ4n) is 5.02. The second-order valence-electron chi connectivity index (χ2n) is 14.2. The van der Waals surface area contributed by atoms with Crippen LogP contribution >= 0.6 is 0 Å². The summed E-state index contributed by atoms with van der Waals surface area (Å²) in [5.74, 6) is -2.13. The summed E-state index contributed by atoms with van der Waals surface area (Å²) in [5, 5.41) is 11.3. The molecule has 0 heterocycles. The van der Waals surface area contributed by atoms with E-state index in [4.69, 9.17) is 13.9 Å². The summed E-state index contributed by atoms with van der Waals surface area (Å²) in [6, 6.07) is 13.9. The Morgan fingerprint density at radius 3 is 2.14 bits per heavy atom. The molecule has 0 fully saturated rings. The van der Waals surface area contributed by atoms with Crippen LogP contribution in [-0.4, -0.2) is 82.8 Å². The number of ether oxygens (including phenoxy) is 2. The number of rotatable bonds is 17. The van der Waals surface area contributed by atoms with E-state index in [1.807, 2.05) is 52.9 Å². The van der Waals surface area contributed by atoms with Crippen LogP contribution in [0.5, 0.6) is 5.75 Å². The van der Waals surface area contributed by atoms with Gasteiger partial charge >= 0.3 is 0 Å². The number of amides is 1. The maximum atomic E-state index is 15.2. The molecule has 0 radical (unpaired) electrons. The van der Waals surface area contributed by atoms with Crippen LogP contribution in [0.3, 0.4) is 0 Å². The minimum atomic E-state index is -4.06.